The summed E-state index contributed by atoms with van der Waals surface area (Å²) in [7, 11) is 0. The van der Waals surface area contributed by atoms with Crippen LogP contribution in [0.2, 0.25) is 0 Å². The molecule has 0 unspecified atom stereocenters. The molecule has 4 rings (SSSR count). The molecule has 0 amide bonds. The van der Waals surface area contributed by atoms with Crippen LogP contribution in [0.3, 0.4) is 0 Å². The second-order valence-electron chi connectivity index (χ2n) is 10.1. The molecule has 3 aliphatic rings. The van der Waals surface area contributed by atoms with Crippen molar-refractivity contribution < 1.29 is 0 Å². The van der Waals surface area contributed by atoms with Gasteiger partial charge < -0.3 is 0 Å². The largest absolute Gasteiger partial charge is 0.261 e. The molecule has 0 aliphatic heterocycles. The van der Waals surface area contributed by atoms with Crippen LogP contribution < -0.4 is 0 Å². The normalized spacial score (nSPS) is 41.0. The Morgan fingerprint density at radius 2 is 1.89 bits per heavy atom. The third-order valence-corrected chi connectivity index (χ3v) is 8.91. The summed E-state index contributed by atoms with van der Waals surface area (Å²) in [5.74, 6) is 3.59. The van der Waals surface area contributed by atoms with Gasteiger partial charge in [-0.05, 0) is 78.6 Å². The smallest absolute Gasteiger partial charge is 0.0847 e. The Labute approximate surface area is 166 Å². The van der Waals surface area contributed by atoms with Gasteiger partial charge in [-0.15, -0.1) is 0 Å². The molecular weight excluding hydrogens is 328 g/mol. The van der Waals surface area contributed by atoms with Gasteiger partial charge in [0.2, 0.25) is 0 Å². The highest BCUT2D eigenvalue weighted by Crippen LogP contribution is 2.66. The molecule has 2 heteroatoms. The van der Waals surface area contributed by atoms with Crippen LogP contribution >= 0.6 is 0 Å². The van der Waals surface area contributed by atoms with Gasteiger partial charge in [0.05, 0.1) is 11.9 Å². The summed E-state index contributed by atoms with van der Waals surface area (Å²) in [4.78, 5) is 9.02. The zero-order valence-corrected chi connectivity index (χ0v) is 17.9. The number of rotatable bonds is 5. The lowest BCUT2D eigenvalue weighted by molar-refractivity contribution is -0.0845. The predicted octanol–water partition coefficient (Wildman–Crippen LogP) is 6.93. The average molecular weight is 367 g/mol. The van der Waals surface area contributed by atoms with Crippen molar-refractivity contribution in [3.05, 3.63) is 30.4 Å². The first-order chi connectivity index (χ1) is 13.0. The molecule has 0 radical (unpaired) electrons. The summed E-state index contributed by atoms with van der Waals surface area (Å²) >= 11 is 0. The van der Waals surface area contributed by atoms with E-state index >= 15 is 0 Å². The lowest BCUT2D eigenvalue weighted by Crippen LogP contribution is -2.51. The van der Waals surface area contributed by atoms with Crippen LogP contribution in [0.5, 0.6) is 0 Å². The Morgan fingerprint density at radius 1 is 1.04 bits per heavy atom. The van der Waals surface area contributed by atoms with Gasteiger partial charge in [0.1, 0.15) is 0 Å². The fourth-order valence-electron chi connectivity index (χ4n) is 7.69. The van der Waals surface area contributed by atoms with Crippen molar-refractivity contribution in [2.45, 2.75) is 85.5 Å². The highest BCUT2D eigenvalue weighted by molar-refractivity contribution is 5.70. The van der Waals surface area contributed by atoms with Crippen LogP contribution in [-0.2, 0) is 0 Å². The van der Waals surface area contributed by atoms with Crippen molar-refractivity contribution in [3.8, 4) is 0 Å². The molecule has 0 bridgehead atoms. The summed E-state index contributed by atoms with van der Waals surface area (Å²) in [6.07, 6.45) is 20.6. The van der Waals surface area contributed by atoms with Gasteiger partial charge in [0.25, 0.3) is 0 Å². The van der Waals surface area contributed by atoms with Gasteiger partial charge in [0, 0.05) is 12.4 Å². The molecule has 0 spiro atoms. The van der Waals surface area contributed by atoms with Gasteiger partial charge >= 0.3 is 0 Å². The molecule has 1 heterocycles. The van der Waals surface area contributed by atoms with Crippen LogP contribution in [0, 0.1) is 34.5 Å². The standard InChI is InChI=1S/C25H38N2/c1-5-7-18-8-9-19-20-10-11-22(23-17-26-15-16-27-23)25(20,4)14-12-21(19)24(18,3)13-6-2/h11,15-21H,5-10,12-14H2,1-4H3/t18-,19+,20+,21+,24+,25+/m1/s1. The number of hydrogen-bond acceptors (Lipinski definition) is 2. The third kappa shape index (κ3) is 2.98. The van der Waals surface area contributed by atoms with Crippen LogP contribution in [0.15, 0.2) is 24.7 Å². The first-order valence-corrected chi connectivity index (χ1v) is 11.5. The lowest BCUT2D eigenvalue weighted by atomic mass is 9.46. The zero-order chi connectivity index (χ0) is 19.1. The van der Waals surface area contributed by atoms with Crippen LogP contribution in [0.4, 0.5) is 0 Å². The van der Waals surface area contributed by atoms with E-state index in [2.05, 4.69) is 43.7 Å². The molecule has 0 saturated heterocycles. The maximum atomic E-state index is 4.66. The first kappa shape index (κ1) is 19.2. The van der Waals surface area contributed by atoms with Crippen LogP contribution in [0.1, 0.15) is 91.2 Å². The fourth-order valence-corrected chi connectivity index (χ4v) is 7.69. The molecule has 3 aliphatic carbocycles. The predicted molar refractivity (Wildman–Crippen MR) is 113 cm³/mol. The third-order valence-electron chi connectivity index (χ3n) is 8.91. The molecule has 0 aromatic carbocycles. The molecule has 27 heavy (non-hydrogen) atoms. The SMILES string of the molecule is CCC[C@@H]1CC[C@@H]2[C@H](CC[C@]3(C)C(c4cnccn4)=CC[C@@H]23)[C@@]1(C)CCC. The summed E-state index contributed by atoms with van der Waals surface area (Å²) in [5.41, 5.74) is 3.48. The number of aromatic nitrogens is 2. The van der Waals surface area contributed by atoms with Crippen molar-refractivity contribution in [2.75, 3.05) is 0 Å². The van der Waals surface area contributed by atoms with Gasteiger partial charge in [-0.3, -0.25) is 9.97 Å². The van der Waals surface area contributed by atoms with E-state index in [1.165, 1.54) is 63.4 Å². The van der Waals surface area contributed by atoms with Crippen LogP contribution in [0.25, 0.3) is 5.57 Å². The highest BCUT2D eigenvalue weighted by atomic mass is 14.8. The van der Waals surface area contributed by atoms with E-state index in [0.29, 0.717) is 10.8 Å². The van der Waals surface area contributed by atoms with Crippen molar-refractivity contribution in [3.63, 3.8) is 0 Å². The quantitative estimate of drug-likeness (QED) is 0.564. The van der Waals surface area contributed by atoms with Crippen molar-refractivity contribution in [1.82, 2.24) is 9.97 Å². The summed E-state index contributed by atoms with van der Waals surface area (Å²) < 4.78 is 0. The molecule has 1 aromatic rings. The maximum absolute atomic E-state index is 4.66. The van der Waals surface area contributed by atoms with Gasteiger partial charge in [-0.25, -0.2) is 0 Å². The number of fused-ring (bicyclic) bond motifs is 3. The molecule has 2 saturated carbocycles. The molecule has 6 atom stereocenters. The molecule has 0 N–H and O–H groups in total. The Morgan fingerprint density at radius 3 is 2.59 bits per heavy atom. The minimum absolute atomic E-state index is 0.307. The second-order valence-corrected chi connectivity index (χ2v) is 10.1. The summed E-state index contributed by atoms with van der Waals surface area (Å²) in [6.45, 7) is 9.98. The number of allylic oxidation sites excluding steroid dienone is 2. The van der Waals surface area contributed by atoms with Crippen LogP contribution in [-0.4, -0.2) is 9.97 Å². The molecule has 1 aromatic heterocycles. The van der Waals surface area contributed by atoms with Crippen molar-refractivity contribution in [2.24, 2.45) is 34.5 Å². The van der Waals surface area contributed by atoms with Crippen molar-refractivity contribution in [1.29, 1.82) is 0 Å². The Balaban J connectivity index is 1.62. The minimum atomic E-state index is 0.307. The van der Waals surface area contributed by atoms with Gasteiger partial charge in [-0.1, -0.05) is 53.0 Å². The Hall–Kier alpha value is -1.18. The zero-order valence-electron chi connectivity index (χ0n) is 17.9. The van der Waals surface area contributed by atoms with E-state index in [9.17, 15) is 0 Å². The summed E-state index contributed by atoms with van der Waals surface area (Å²) in [6, 6.07) is 0. The molecule has 2 nitrogen and oxygen atoms in total. The van der Waals surface area contributed by atoms with E-state index in [1.807, 2.05) is 12.4 Å². The van der Waals surface area contributed by atoms with E-state index in [0.717, 1.165) is 29.4 Å². The highest BCUT2D eigenvalue weighted by Gasteiger charge is 2.57. The summed E-state index contributed by atoms with van der Waals surface area (Å²) in [5, 5.41) is 0. The monoisotopic (exact) mass is 366 g/mol. The van der Waals surface area contributed by atoms with E-state index < -0.39 is 0 Å². The topological polar surface area (TPSA) is 25.8 Å². The molecule has 148 valence electrons. The average Bonchev–Trinajstić information content (AvgIpc) is 3.02. The van der Waals surface area contributed by atoms with E-state index in [-0.39, 0.29) is 0 Å². The second kappa shape index (κ2) is 7.33. The Bertz CT molecular complexity index is 681. The van der Waals surface area contributed by atoms with E-state index in [1.54, 1.807) is 6.20 Å². The van der Waals surface area contributed by atoms with E-state index in [4.69, 9.17) is 0 Å². The number of hydrogen-bond donors (Lipinski definition) is 0. The minimum Gasteiger partial charge on any atom is -0.261 e. The van der Waals surface area contributed by atoms with Gasteiger partial charge in [-0.2, -0.15) is 0 Å². The number of nitrogens with zero attached hydrogens (tertiary/aromatic N) is 2. The van der Waals surface area contributed by atoms with Gasteiger partial charge in [0.15, 0.2) is 0 Å². The van der Waals surface area contributed by atoms with Crippen molar-refractivity contribution >= 4 is 5.57 Å². The maximum Gasteiger partial charge on any atom is 0.0847 e. The lowest BCUT2D eigenvalue weighted by Gasteiger charge is -2.59. The fraction of sp³-hybridized carbons (Fsp3) is 0.760. The molecule has 2 fully saturated rings. The Kier molecular flexibility index (Phi) is 5.20. The molecular formula is C25H38N2. The first-order valence-electron chi connectivity index (χ1n) is 11.5.